The molecule has 1 aromatic heterocycles. The summed E-state index contributed by atoms with van der Waals surface area (Å²) in [5.74, 6) is 0. The lowest BCUT2D eigenvalue weighted by molar-refractivity contribution is 0.172. The molecular weight excluding hydrogens is 208 g/mol. The minimum Gasteiger partial charge on any atom is -0.383 e. The highest BCUT2D eigenvalue weighted by atomic mass is 32.1. The van der Waals surface area contributed by atoms with E-state index < -0.39 is 0 Å². The molecule has 0 radical (unpaired) electrons. The fourth-order valence-electron chi connectivity index (χ4n) is 1.55. The van der Waals surface area contributed by atoms with Crippen LogP contribution in [-0.2, 0) is 11.2 Å². The van der Waals surface area contributed by atoms with Gasteiger partial charge in [-0.25, -0.2) is 4.98 Å². The molecule has 0 aliphatic rings. The Morgan fingerprint density at radius 1 is 1.47 bits per heavy atom. The van der Waals surface area contributed by atoms with Gasteiger partial charge in [-0.05, 0) is 27.2 Å². The summed E-state index contributed by atoms with van der Waals surface area (Å²) in [5.41, 5.74) is 1.18. The molecule has 1 atom stereocenters. The van der Waals surface area contributed by atoms with Gasteiger partial charge in [0.25, 0.3) is 0 Å². The number of nitrogens with zero attached hydrogens (tertiary/aromatic N) is 1. The van der Waals surface area contributed by atoms with Gasteiger partial charge < -0.3 is 10.1 Å². The maximum Gasteiger partial charge on any atom is 0.0900 e. The van der Waals surface area contributed by atoms with Crippen LogP contribution in [-0.4, -0.2) is 31.3 Å². The van der Waals surface area contributed by atoms with Gasteiger partial charge in [-0.15, -0.1) is 11.3 Å². The first-order valence-corrected chi connectivity index (χ1v) is 6.10. The predicted molar refractivity (Wildman–Crippen MR) is 64.6 cm³/mol. The summed E-state index contributed by atoms with van der Waals surface area (Å²) >= 11 is 1.80. The Labute approximate surface area is 95.9 Å². The van der Waals surface area contributed by atoms with Gasteiger partial charge in [0.1, 0.15) is 0 Å². The largest absolute Gasteiger partial charge is 0.383 e. The van der Waals surface area contributed by atoms with E-state index in [2.05, 4.69) is 31.1 Å². The van der Waals surface area contributed by atoms with Crippen molar-refractivity contribution in [2.45, 2.75) is 33.2 Å². The molecule has 0 aliphatic carbocycles. The lowest BCUT2D eigenvalue weighted by atomic mass is 10.3. The molecule has 0 amide bonds. The molecule has 0 saturated carbocycles. The second-order valence-electron chi connectivity index (χ2n) is 3.80. The third-order valence-corrected chi connectivity index (χ3v) is 3.39. The Morgan fingerprint density at radius 3 is 2.73 bits per heavy atom. The number of aryl methyl sites for hydroxylation is 2. The monoisotopic (exact) mass is 228 g/mol. The molecule has 3 nitrogen and oxygen atoms in total. The highest BCUT2D eigenvalue weighted by Gasteiger charge is 2.05. The first-order chi connectivity index (χ1) is 7.13. The van der Waals surface area contributed by atoms with Crippen LogP contribution < -0.4 is 5.32 Å². The van der Waals surface area contributed by atoms with E-state index in [1.54, 1.807) is 18.4 Å². The third-order valence-electron chi connectivity index (χ3n) is 2.26. The number of hydrogen-bond donors (Lipinski definition) is 1. The van der Waals surface area contributed by atoms with E-state index in [9.17, 15) is 0 Å². The fraction of sp³-hybridized carbons (Fsp3) is 0.727. The number of nitrogens with one attached hydrogen (secondary N) is 1. The molecule has 86 valence electrons. The van der Waals surface area contributed by atoms with Gasteiger partial charge in [-0.1, -0.05) is 0 Å². The number of thiazole rings is 1. The summed E-state index contributed by atoms with van der Waals surface area (Å²) in [7, 11) is 1.73. The van der Waals surface area contributed by atoms with Crippen LogP contribution in [0.2, 0.25) is 0 Å². The SMILES string of the molecule is COCC(C)NCCc1sc(C)nc1C. The van der Waals surface area contributed by atoms with E-state index in [0.29, 0.717) is 6.04 Å². The lowest BCUT2D eigenvalue weighted by Gasteiger charge is -2.11. The summed E-state index contributed by atoms with van der Waals surface area (Å²) in [6, 6.07) is 0.421. The zero-order valence-corrected chi connectivity index (χ0v) is 10.8. The molecular formula is C11H20N2OS. The van der Waals surface area contributed by atoms with Gasteiger partial charge in [-0.2, -0.15) is 0 Å². The lowest BCUT2D eigenvalue weighted by Crippen LogP contribution is -2.31. The minimum absolute atomic E-state index is 0.421. The van der Waals surface area contributed by atoms with Crippen molar-refractivity contribution in [3.63, 3.8) is 0 Å². The summed E-state index contributed by atoms with van der Waals surface area (Å²) < 4.78 is 5.06. The van der Waals surface area contributed by atoms with Gasteiger partial charge >= 0.3 is 0 Å². The second-order valence-corrected chi connectivity index (χ2v) is 5.09. The van der Waals surface area contributed by atoms with E-state index in [1.807, 2.05) is 0 Å². The molecule has 1 unspecified atom stereocenters. The quantitative estimate of drug-likeness (QED) is 0.808. The Hall–Kier alpha value is -0.450. The number of aromatic nitrogens is 1. The first kappa shape index (κ1) is 12.6. The molecule has 15 heavy (non-hydrogen) atoms. The molecule has 0 bridgehead atoms. The van der Waals surface area contributed by atoms with E-state index in [1.165, 1.54) is 10.6 Å². The average molecular weight is 228 g/mol. The number of rotatable bonds is 6. The van der Waals surface area contributed by atoms with Gasteiger partial charge in [0.05, 0.1) is 17.3 Å². The van der Waals surface area contributed by atoms with Gasteiger partial charge in [0, 0.05) is 24.6 Å². The summed E-state index contributed by atoms with van der Waals surface area (Å²) in [5, 5.41) is 4.58. The molecule has 4 heteroatoms. The molecule has 0 saturated heterocycles. The van der Waals surface area contributed by atoms with Crippen molar-refractivity contribution in [3.8, 4) is 0 Å². The normalized spacial score (nSPS) is 13.1. The Kier molecular flexibility index (Phi) is 5.22. The Morgan fingerprint density at radius 2 is 2.20 bits per heavy atom. The van der Waals surface area contributed by atoms with Crippen LogP contribution in [0, 0.1) is 13.8 Å². The van der Waals surface area contributed by atoms with Gasteiger partial charge in [-0.3, -0.25) is 0 Å². The topological polar surface area (TPSA) is 34.1 Å². The Balaban J connectivity index is 2.28. The van der Waals surface area contributed by atoms with Crippen molar-refractivity contribution in [3.05, 3.63) is 15.6 Å². The van der Waals surface area contributed by atoms with Crippen molar-refractivity contribution < 1.29 is 4.74 Å². The van der Waals surface area contributed by atoms with Crippen molar-refractivity contribution in [1.82, 2.24) is 10.3 Å². The maximum atomic E-state index is 5.06. The summed E-state index contributed by atoms with van der Waals surface area (Å²) in [6.07, 6.45) is 1.06. The van der Waals surface area contributed by atoms with Crippen LogP contribution in [0.15, 0.2) is 0 Å². The standard InChI is InChI=1S/C11H20N2OS/c1-8(7-14-4)12-6-5-11-9(2)13-10(3)15-11/h8,12H,5-7H2,1-4H3. The smallest absolute Gasteiger partial charge is 0.0900 e. The first-order valence-electron chi connectivity index (χ1n) is 5.28. The van der Waals surface area contributed by atoms with Crippen molar-refractivity contribution in [2.75, 3.05) is 20.3 Å². The van der Waals surface area contributed by atoms with Crippen LogP contribution in [0.25, 0.3) is 0 Å². The van der Waals surface area contributed by atoms with E-state index in [4.69, 9.17) is 4.74 Å². The molecule has 1 heterocycles. The number of ether oxygens (including phenoxy) is 1. The fourth-order valence-corrected chi connectivity index (χ4v) is 2.48. The van der Waals surface area contributed by atoms with Crippen LogP contribution in [0.3, 0.4) is 0 Å². The zero-order valence-electron chi connectivity index (χ0n) is 9.96. The van der Waals surface area contributed by atoms with E-state index >= 15 is 0 Å². The Bertz CT molecular complexity index is 299. The van der Waals surface area contributed by atoms with Crippen molar-refractivity contribution in [2.24, 2.45) is 0 Å². The van der Waals surface area contributed by atoms with Crippen LogP contribution in [0.1, 0.15) is 22.5 Å². The summed E-state index contributed by atoms with van der Waals surface area (Å²) in [6.45, 7) is 8.03. The summed E-state index contributed by atoms with van der Waals surface area (Å²) in [4.78, 5) is 5.80. The maximum absolute atomic E-state index is 5.06. The zero-order chi connectivity index (χ0) is 11.3. The number of hydrogen-bond acceptors (Lipinski definition) is 4. The molecule has 0 spiro atoms. The molecule has 0 fully saturated rings. The predicted octanol–water partition coefficient (Wildman–Crippen LogP) is 1.93. The molecule has 1 N–H and O–H groups in total. The third kappa shape index (κ3) is 4.28. The molecule has 1 rings (SSSR count). The van der Waals surface area contributed by atoms with E-state index in [-0.39, 0.29) is 0 Å². The van der Waals surface area contributed by atoms with Gasteiger partial charge in [0.2, 0.25) is 0 Å². The second kappa shape index (κ2) is 6.20. The molecule has 0 aliphatic heterocycles. The van der Waals surface area contributed by atoms with Crippen molar-refractivity contribution in [1.29, 1.82) is 0 Å². The van der Waals surface area contributed by atoms with Crippen molar-refractivity contribution >= 4 is 11.3 Å². The molecule has 1 aromatic rings. The van der Waals surface area contributed by atoms with E-state index in [0.717, 1.165) is 24.6 Å². The van der Waals surface area contributed by atoms with Crippen LogP contribution >= 0.6 is 11.3 Å². The number of methoxy groups -OCH3 is 1. The van der Waals surface area contributed by atoms with Crippen LogP contribution in [0.4, 0.5) is 0 Å². The highest BCUT2D eigenvalue weighted by Crippen LogP contribution is 2.17. The highest BCUT2D eigenvalue weighted by molar-refractivity contribution is 7.11. The van der Waals surface area contributed by atoms with Gasteiger partial charge in [0.15, 0.2) is 0 Å². The minimum atomic E-state index is 0.421. The average Bonchev–Trinajstić information content (AvgIpc) is 2.46. The van der Waals surface area contributed by atoms with Crippen LogP contribution in [0.5, 0.6) is 0 Å². The molecule has 0 aromatic carbocycles.